The van der Waals surface area contributed by atoms with E-state index in [1.807, 2.05) is 0 Å². The Morgan fingerprint density at radius 1 is 1.65 bits per heavy atom. The molecule has 0 fully saturated rings. The molecule has 0 spiro atoms. The molecule has 0 aliphatic carbocycles. The average molecular weight is 275 g/mol. The highest BCUT2D eigenvalue weighted by atomic mass is 35.5. The Bertz CT molecular complexity index is 453. The summed E-state index contributed by atoms with van der Waals surface area (Å²) in [6.07, 6.45) is 0.329. The van der Waals surface area contributed by atoms with Crippen molar-refractivity contribution in [2.24, 2.45) is 11.7 Å². The lowest BCUT2D eigenvalue weighted by Gasteiger charge is -2.11. The zero-order chi connectivity index (χ0) is 13.0. The lowest BCUT2D eigenvalue weighted by atomic mass is 10.1. The first-order chi connectivity index (χ1) is 7.90. The third kappa shape index (κ3) is 4.28. The highest BCUT2D eigenvalue weighted by Crippen LogP contribution is 2.20. The minimum absolute atomic E-state index is 0.0372. The number of nitrogens with two attached hydrogens (primary N) is 1. The number of anilines is 1. The summed E-state index contributed by atoms with van der Waals surface area (Å²) >= 11 is 10.3. The van der Waals surface area contributed by atoms with Gasteiger partial charge in [-0.25, -0.2) is 4.39 Å². The first-order valence-corrected chi connectivity index (χ1v) is 5.73. The van der Waals surface area contributed by atoms with Crippen molar-refractivity contribution in [3.63, 3.8) is 0 Å². The first kappa shape index (κ1) is 13.9. The van der Waals surface area contributed by atoms with Crippen LogP contribution in [0.4, 0.5) is 10.1 Å². The summed E-state index contributed by atoms with van der Waals surface area (Å²) in [6, 6.07) is 3.98. The summed E-state index contributed by atoms with van der Waals surface area (Å²) in [4.78, 5) is 12.0. The van der Waals surface area contributed by atoms with Gasteiger partial charge in [-0.3, -0.25) is 4.79 Å². The number of halogens is 2. The van der Waals surface area contributed by atoms with Crippen LogP contribution in [0, 0.1) is 11.7 Å². The van der Waals surface area contributed by atoms with E-state index in [-0.39, 0.29) is 21.8 Å². The third-order valence-corrected chi connectivity index (χ3v) is 2.60. The molecule has 0 aliphatic rings. The molecule has 92 valence electrons. The molecule has 0 aliphatic heterocycles. The van der Waals surface area contributed by atoms with Crippen molar-refractivity contribution in [3.8, 4) is 0 Å². The second-order valence-electron chi connectivity index (χ2n) is 3.69. The standard InChI is InChI=1S/C11H12ClFN2OS/c1-6(4-10(14)17)11(16)15-7-2-3-9(13)8(12)5-7/h2-3,5-6H,4H2,1H3,(H2,14,17)(H,15,16). The summed E-state index contributed by atoms with van der Waals surface area (Å²) in [5, 5.41) is 2.57. The van der Waals surface area contributed by atoms with Gasteiger partial charge >= 0.3 is 0 Å². The van der Waals surface area contributed by atoms with Gasteiger partial charge in [-0.1, -0.05) is 30.7 Å². The maximum absolute atomic E-state index is 12.9. The zero-order valence-corrected chi connectivity index (χ0v) is 10.7. The molecule has 3 nitrogen and oxygen atoms in total. The number of carbonyl (C=O) groups is 1. The normalized spacial score (nSPS) is 11.9. The third-order valence-electron chi connectivity index (χ3n) is 2.14. The van der Waals surface area contributed by atoms with Crippen LogP contribution in [0.3, 0.4) is 0 Å². The Morgan fingerprint density at radius 3 is 2.82 bits per heavy atom. The second-order valence-corrected chi connectivity index (χ2v) is 4.62. The van der Waals surface area contributed by atoms with E-state index in [0.29, 0.717) is 12.1 Å². The van der Waals surface area contributed by atoms with E-state index < -0.39 is 5.82 Å². The number of carbonyl (C=O) groups excluding carboxylic acids is 1. The Labute approximate surface area is 109 Å². The van der Waals surface area contributed by atoms with Gasteiger partial charge in [-0.2, -0.15) is 0 Å². The molecular weight excluding hydrogens is 263 g/mol. The van der Waals surface area contributed by atoms with Gasteiger partial charge in [0.2, 0.25) is 5.91 Å². The molecule has 6 heteroatoms. The largest absolute Gasteiger partial charge is 0.393 e. The van der Waals surface area contributed by atoms with Crippen LogP contribution in [0.15, 0.2) is 18.2 Å². The zero-order valence-electron chi connectivity index (χ0n) is 9.17. The quantitative estimate of drug-likeness (QED) is 0.830. The van der Waals surface area contributed by atoms with Gasteiger partial charge in [0.25, 0.3) is 0 Å². The van der Waals surface area contributed by atoms with E-state index in [2.05, 4.69) is 5.32 Å². The van der Waals surface area contributed by atoms with Crippen molar-refractivity contribution in [1.82, 2.24) is 0 Å². The van der Waals surface area contributed by atoms with Crippen LogP contribution >= 0.6 is 23.8 Å². The van der Waals surface area contributed by atoms with E-state index in [1.165, 1.54) is 18.2 Å². The van der Waals surface area contributed by atoms with Crippen LogP contribution < -0.4 is 11.1 Å². The van der Waals surface area contributed by atoms with Crippen LogP contribution in [-0.2, 0) is 4.79 Å². The average Bonchev–Trinajstić information content (AvgIpc) is 2.22. The molecular formula is C11H12ClFN2OS. The Kier molecular flexibility index (Phi) is 4.84. The van der Waals surface area contributed by atoms with Gasteiger partial charge in [-0.15, -0.1) is 0 Å². The number of thiocarbonyl (C=S) groups is 1. The summed E-state index contributed by atoms with van der Waals surface area (Å²) < 4.78 is 12.9. The molecule has 0 saturated heterocycles. The van der Waals surface area contributed by atoms with Gasteiger partial charge in [-0.05, 0) is 18.2 Å². The highest BCUT2D eigenvalue weighted by molar-refractivity contribution is 7.80. The lowest BCUT2D eigenvalue weighted by Crippen LogP contribution is -2.24. The predicted octanol–water partition coefficient (Wildman–Crippen LogP) is 2.73. The second kappa shape index (κ2) is 5.93. The van der Waals surface area contributed by atoms with Gasteiger partial charge in [0.05, 0.1) is 10.0 Å². The van der Waals surface area contributed by atoms with Crippen LogP contribution in [0.1, 0.15) is 13.3 Å². The van der Waals surface area contributed by atoms with E-state index in [9.17, 15) is 9.18 Å². The number of benzene rings is 1. The molecule has 1 aromatic carbocycles. The van der Waals surface area contributed by atoms with Crippen molar-refractivity contribution in [1.29, 1.82) is 0 Å². The number of hydrogen-bond acceptors (Lipinski definition) is 2. The number of hydrogen-bond donors (Lipinski definition) is 2. The number of nitrogens with one attached hydrogen (secondary N) is 1. The Hall–Kier alpha value is -1.20. The van der Waals surface area contributed by atoms with Crippen molar-refractivity contribution in [3.05, 3.63) is 29.0 Å². The maximum Gasteiger partial charge on any atom is 0.227 e. The molecule has 0 bridgehead atoms. The number of amides is 1. The molecule has 0 aromatic heterocycles. The van der Waals surface area contributed by atoms with Crippen molar-refractivity contribution >= 4 is 40.4 Å². The van der Waals surface area contributed by atoms with E-state index >= 15 is 0 Å². The van der Waals surface area contributed by atoms with Gasteiger partial charge in [0.1, 0.15) is 5.82 Å². The summed E-state index contributed by atoms with van der Waals surface area (Å²) in [5.41, 5.74) is 5.79. The molecule has 1 rings (SSSR count). The predicted molar refractivity (Wildman–Crippen MR) is 70.6 cm³/mol. The van der Waals surface area contributed by atoms with Crippen molar-refractivity contribution in [2.75, 3.05) is 5.32 Å². The molecule has 1 atom stereocenters. The van der Waals surface area contributed by atoms with Crippen LogP contribution in [-0.4, -0.2) is 10.9 Å². The molecule has 1 aromatic rings. The summed E-state index contributed by atoms with van der Waals surface area (Å²) in [5.74, 6) is -1.10. The maximum atomic E-state index is 12.9. The topological polar surface area (TPSA) is 55.1 Å². The van der Waals surface area contributed by atoms with Crippen LogP contribution in [0.5, 0.6) is 0 Å². The highest BCUT2D eigenvalue weighted by Gasteiger charge is 2.14. The minimum atomic E-state index is -0.527. The lowest BCUT2D eigenvalue weighted by molar-refractivity contribution is -0.119. The summed E-state index contributed by atoms with van der Waals surface area (Å²) in [7, 11) is 0. The Morgan fingerprint density at radius 2 is 2.29 bits per heavy atom. The molecule has 0 radical (unpaired) electrons. The van der Waals surface area contributed by atoms with Crippen LogP contribution in [0.25, 0.3) is 0 Å². The Balaban J connectivity index is 2.67. The SMILES string of the molecule is CC(CC(N)=S)C(=O)Nc1ccc(F)c(Cl)c1. The number of rotatable bonds is 4. The molecule has 1 unspecified atom stereocenters. The summed E-state index contributed by atoms with van der Waals surface area (Å²) in [6.45, 7) is 1.71. The molecule has 0 heterocycles. The van der Waals surface area contributed by atoms with E-state index in [0.717, 1.165) is 0 Å². The fourth-order valence-electron chi connectivity index (χ4n) is 1.23. The minimum Gasteiger partial charge on any atom is -0.393 e. The first-order valence-electron chi connectivity index (χ1n) is 4.94. The fraction of sp³-hybridized carbons (Fsp3) is 0.273. The molecule has 17 heavy (non-hydrogen) atoms. The van der Waals surface area contributed by atoms with Crippen molar-refractivity contribution in [2.45, 2.75) is 13.3 Å². The van der Waals surface area contributed by atoms with E-state index in [1.54, 1.807) is 6.92 Å². The molecule has 1 amide bonds. The van der Waals surface area contributed by atoms with Crippen molar-refractivity contribution < 1.29 is 9.18 Å². The van der Waals surface area contributed by atoms with Gasteiger partial charge in [0.15, 0.2) is 0 Å². The molecule has 0 saturated carbocycles. The van der Waals surface area contributed by atoms with Crippen LogP contribution in [0.2, 0.25) is 5.02 Å². The fourth-order valence-corrected chi connectivity index (χ4v) is 1.66. The monoisotopic (exact) mass is 274 g/mol. The van der Waals surface area contributed by atoms with Gasteiger partial charge in [0, 0.05) is 18.0 Å². The smallest absolute Gasteiger partial charge is 0.227 e. The van der Waals surface area contributed by atoms with E-state index in [4.69, 9.17) is 29.6 Å². The van der Waals surface area contributed by atoms with Gasteiger partial charge < -0.3 is 11.1 Å². The molecule has 3 N–H and O–H groups in total.